The number of morpholine rings is 1. The normalized spacial score (nSPS) is 15.9. The zero-order chi connectivity index (χ0) is 14.9. The molecule has 116 valence electrons. The minimum absolute atomic E-state index is 0.246. The Labute approximate surface area is 130 Å². The molecule has 1 fully saturated rings. The van der Waals surface area contributed by atoms with Crippen LogP contribution >= 0.6 is 11.8 Å². The molecule has 1 aliphatic heterocycles. The van der Waals surface area contributed by atoms with Crippen LogP contribution in [0.15, 0.2) is 24.3 Å². The molecule has 0 amide bonds. The lowest BCUT2D eigenvalue weighted by Crippen LogP contribution is -2.37. The summed E-state index contributed by atoms with van der Waals surface area (Å²) in [6, 6.07) is 7.70. The first-order chi connectivity index (χ1) is 10.3. The van der Waals surface area contributed by atoms with E-state index in [1.54, 1.807) is 0 Å². The molecular weight excluding hydrogens is 286 g/mol. The van der Waals surface area contributed by atoms with Crippen molar-refractivity contribution < 1.29 is 14.3 Å². The lowest BCUT2D eigenvalue weighted by atomic mass is 10.1. The predicted octanol–water partition coefficient (Wildman–Crippen LogP) is 2.43. The highest BCUT2D eigenvalue weighted by molar-refractivity contribution is 7.98. The van der Waals surface area contributed by atoms with Crippen molar-refractivity contribution in [3.05, 3.63) is 35.4 Å². The number of carbonyl (C=O) groups is 1. The van der Waals surface area contributed by atoms with Crippen LogP contribution in [0.3, 0.4) is 0 Å². The number of carbonyl (C=O) groups excluding carboxylic acids is 1. The molecule has 0 bridgehead atoms. The van der Waals surface area contributed by atoms with Crippen molar-refractivity contribution in [2.45, 2.75) is 12.7 Å². The van der Waals surface area contributed by atoms with Gasteiger partial charge in [0.05, 0.1) is 25.4 Å². The van der Waals surface area contributed by atoms with E-state index >= 15 is 0 Å². The number of thioether (sulfide) groups is 1. The van der Waals surface area contributed by atoms with Crippen molar-refractivity contribution in [2.75, 3.05) is 45.2 Å². The largest absolute Gasteiger partial charge is 0.462 e. The van der Waals surface area contributed by atoms with Gasteiger partial charge in [0.25, 0.3) is 0 Å². The number of benzene rings is 1. The van der Waals surface area contributed by atoms with Gasteiger partial charge in [-0.15, -0.1) is 0 Å². The molecule has 5 heteroatoms. The van der Waals surface area contributed by atoms with Crippen molar-refractivity contribution in [3.63, 3.8) is 0 Å². The lowest BCUT2D eigenvalue weighted by Gasteiger charge is -2.26. The van der Waals surface area contributed by atoms with E-state index in [9.17, 15) is 4.79 Å². The van der Waals surface area contributed by atoms with Crippen LogP contribution in [0.5, 0.6) is 0 Å². The van der Waals surface area contributed by atoms with Crippen LogP contribution in [-0.4, -0.2) is 56.1 Å². The first kappa shape index (κ1) is 16.3. The Morgan fingerprint density at radius 1 is 1.29 bits per heavy atom. The molecule has 4 nitrogen and oxygen atoms in total. The van der Waals surface area contributed by atoms with Crippen LogP contribution in [-0.2, 0) is 15.2 Å². The molecule has 0 aliphatic carbocycles. The van der Waals surface area contributed by atoms with Crippen molar-refractivity contribution in [2.24, 2.45) is 0 Å². The van der Waals surface area contributed by atoms with Gasteiger partial charge in [0.2, 0.25) is 0 Å². The molecule has 21 heavy (non-hydrogen) atoms. The van der Waals surface area contributed by atoms with Crippen LogP contribution in [0.2, 0.25) is 0 Å². The number of hydrogen-bond acceptors (Lipinski definition) is 5. The van der Waals surface area contributed by atoms with E-state index in [2.05, 4.69) is 4.90 Å². The number of rotatable bonds is 7. The highest BCUT2D eigenvalue weighted by Gasteiger charge is 2.09. The van der Waals surface area contributed by atoms with Gasteiger partial charge in [0.15, 0.2) is 0 Å². The standard InChI is InChI=1S/C16H23NO3S/c1-2-20-16(18)15-5-3-14(4-6-15)13-21-12-9-17-7-10-19-11-8-17/h3-6H,2,7-13H2,1H3. The predicted molar refractivity (Wildman–Crippen MR) is 85.8 cm³/mol. The van der Waals surface area contributed by atoms with Gasteiger partial charge in [0.1, 0.15) is 0 Å². The smallest absolute Gasteiger partial charge is 0.338 e. The summed E-state index contributed by atoms with van der Waals surface area (Å²) in [4.78, 5) is 14.0. The SMILES string of the molecule is CCOC(=O)c1ccc(CSCCN2CCOCC2)cc1. The topological polar surface area (TPSA) is 38.8 Å². The van der Waals surface area contributed by atoms with E-state index in [4.69, 9.17) is 9.47 Å². The molecule has 1 heterocycles. The third-order valence-electron chi connectivity index (χ3n) is 3.39. The lowest BCUT2D eigenvalue weighted by molar-refractivity contribution is 0.0410. The van der Waals surface area contributed by atoms with Gasteiger partial charge >= 0.3 is 5.97 Å². The zero-order valence-electron chi connectivity index (χ0n) is 12.5. The molecule has 0 radical (unpaired) electrons. The summed E-state index contributed by atoms with van der Waals surface area (Å²) in [5.74, 6) is 1.86. The first-order valence-electron chi connectivity index (χ1n) is 7.43. The summed E-state index contributed by atoms with van der Waals surface area (Å²) in [6.45, 7) is 7.17. The van der Waals surface area contributed by atoms with E-state index in [1.165, 1.54) is 5.56 Å². The van der Waals surface area contributed by atoms with Crippen molar-refractivity contribution >= 4 is 17.7 Å². The quantitative estimate of drug-likeness (QED) is 0.571. The molecular formula is C16H23NO3S. The fourth-order valence-electron chi connectivity index (χ4n) is 2.16. The first-order valence-corrected chi connectivity index (χ1v) is 8.59. The van der Waals surface area contributed by atoms with Gasteiger partial charge in [-0.1, -0.05) is 12.1 Å². The Hall–Kier alpha value is -1.04. The molecule has 0 aromatic heterocycles. The minimum Gasteiger partial charge on any atom is -0.462 e. The summed E-state index contributed by atoms with van der Waals surface area (Å²) in [6.07, 6.45) is 0. The highest BCUT2D eigenvalue weighted by atomic mass is 32.2. The summed E-state index contributed by atoms with van der Waals surface area (Å²) < 4.78 is 10.3. The third kappa shape index (κ3) is 5.69. The van der Waals surface area contributed by atoms with E-state index in [-0.39, 0.29) is 5.97 Å². The van der Waals surface area contributed by atoms with Crippen LogP contribution in [0.25, 0.3) is 0 Å². The second-order valence-corrected chi connectivity index (χ2v) is 6.03. The Morgan fingerprint density at radius 3 is 2.67 bits per heavy atom. The van der Waals surface area contributed by atoms with Crippen molar-refractivity contribution in [3.8, 4) is 0 Å². The molecule has 0 spiro atoms. The van der Waals surface area contributed by atoms with Crippen LogP contribution in [0.4, 0.5) is 0 Å². The highest BCUT2D eigenvalue weighted by Crippen LogP contribution is 2.14. The Morgan fingerprint density at radius 2 is 2.00 bits per heavy atom. The van der Waals surface area contributed by atoms with Gasteiger partial charge in [-0.05, 0) is 24.6 Å². The molecule has 1 saturated heterocycles. The fourth-order valence-corrected chi connectivity index (χ4v) is 3.12. The van der Waals surface area contributed by atoms with E-state index in [1.807, 2.05) is 43.0 Å². The number of hydrogen-bond donors (Lipinski definition) is 0. The summed E-state index contributed by atoms with van der Waals surface area (Å²) >= 11 is 1.93. The average molecular weight is 309 g/mol. The molecule has 0 unspecified atom stereocenters. The van der Waals surface area contributed by atoms with E-state index in [0.717, 1.165) is 44.4 Å². The van der Waals surface area contributed by atoms with Gasteiger partial charge in [-0.25, -0.2) is 4.79 Å². The fraction of sp³-hybridized carbons (Fsp3) is 0.562. The van der Waals surface area contributed by atoms with Gasteiger partial charge in [0, 0.05) is 31.1 Å². The molecule has 0 saturated carbocycles. The molecule has 0 N–H and O–H groups in total. The van der Waals surface area contributed by atoms with Crippen LogP contribution in [0.1, 0.15) is 22.8 Å². The van der Waals surface area contributed by atoms with E-state index in [0.29, 0.717) is 12.2 Å². The van der Waals surface area contributed by atoms with Gasteiger partial charge in [-0.3, -0.25) is 4.90 Å². The Kier molecular flexibility index (Phi) is 7.06. The van der Waals surface area contributed by atoms with Crippen molar-refractivity contribution in [1.82, 2.24) is 4.90 Å². The van der Waals surface area contributed by atoms with Crippen LogP contribution < -0.4 is 0 Å². The second kappa shape index (κ2) is 9.07. The third-order valence-corrected chi connectivity index (χ3v) is 4.40. The average Bonchev–Trinajstić information content (AvgIpc) is 2.53. The molecule has 1 aromatic carbocycles. The van der Waals surface area contributed by atoms with Crippen LogP contribution in [0, 0.1) is 0 Å². The second-order valence-electron chi connectivity index (χ2n) is 4.92. The number of esters is 1. The maximum Gasteiger partial charge on any atom is 0.338 e. The zero-order valence-corrected chi connectivity index (χ0v) is 13.4. The monoisotopic (exact) mass is 309 g/mol. The molecule has 0 atom stereocenters. The maximum atomic E-state index is 11.5. The number of nitrogens with zero attached hydrogens (tertiary/aromatic N) is 1. The van der Waals surface area contributed by atoms with Gasteiger partial charge in [-0.2, -0.15) is 11.8 Å². The Balaban J connectivity index is 1.67. The minimum atomic E-state index is -0.246. The molecule has 1 aromatic rings. The molecule has 1 aliphatic rings. The van der Waals surface area contributed by atoms with Gasteiger partial charge < -0.3 is 9.47 Å². The maximum absolute atomic E-state index is 11.5. The number of ether oxygens (including phenoxy) is 2. The Bertz CT molecular complexity index is 430. The molecule has 2 rings (SSSR count). The van der Waals surface area contributed by atoms with Crippen molar-refractivity contribution in [1.29, 1.82) is 0 Å². The summed E-state index contributed by atoms with van der Waals surface area (Å²) in [5.41, 5.74) is 1.87. The summed E-state index contributed by atoms with van der Waals surface area (Å²) in [7, 11) is 0. The van der Waals surface area contributed by atoms with E-state index < -0.39 is 0 Å². The summed E-state index contributed by atoms with van der Waals surface area (Å²) in [5, 5.41) is 0.